The van der Waals surface area contributed by atoms with Gasteiger partial charge in [0.2, 0.25) is 5.91 Å². The van der Waals surface area contributed by atoms with E-state index in [-0.39, 0.29) is 11.5 Å². The number of hydrogen-bond donors (Lipinski definition) is 1. The Labute approximate surface area is 116 Å². The van der Waals surface area contributed by atoms with Gasteiger partial charge in [0.15, 0.2) is 0 Å². The highest BCUT2D eigenvalue weighted by Crippen LogP contribution is 2.23. The maximum atomic E-state index is 11.8. The smallest absolute Gasteiger partial charge is 0.226 e. The van der Waals surface area contributed by atoms with Crippen LogP contribution in [0.4, 0.5) is 0 Å². The number of rotatable bonds is 5. The Kier molecular flexibility index (Phi) is 4.59. The average molecular weight is 289 g/mol. The SMILES string of the molecule is CC1(CNC(=O)Cc2nc(CCl)cs2)CCCO1. The number of nitrogens with one attached hydrogen (secondary N) is 1. The predicted molar refractivity (Wildman–Crippen MR) is 72.0 cm³/mol. The Bertz CT molecular complexity index is 416. The van der Waals surface area contributed by atoms with Crippen LogP contribution in [0.5, 0.6) is 0 Å². The Morgan fingerprint density at radius 1 is 1.72 bits per heavy atom. The number of amides is 1. The Morgan fingerprint density at radius 2 is 2.56 bits per heavy atom. The lowest BCUT2D eigenvalue weighted by Crippen LogP contribution is -2.40. The normalized spacial score (nSPS) is 23.2. The highest BCUT2D eigenvalue weighted by molar-refractivity contribution is 7.09. The van der Waals surface area contributed by atoms with Gasteiger partial charge in [0.05, 0.1) is 23.6 Å². The molecule has 100 valence electrons. The molecule has 0 radical (unpaired) electrons. The molecule has 0 spiro atoms. The molecule has 18 heavy (non-hydrogen) atoms. The number of halogens is 1. The molecule has 0 bridgehead atoms. The first kappa shape index (κ1) is 13.8. The van der Waals surface area contributed by atoms with Gasteiger partial charge in [-0.1, -0.05) is 0 Å². The van der Waals surface area contributed by atoms with Crippen molar-refractivity contribution in [2.45, 2.75) is 37.7 Å². The summed E-state index contributed by atoms with van der Waals surface area (Å²) in [5.74, 6) is 0.381. The molecule has 1 saturated heterocycles. The Balaban J connectivity index is 1.78. The van der Waals surface area contributed by atoms with Crippen LogP contribution in [0.25, 0.3) is 0 Å². The summed E-state index contributed by atoms with van der Waals surface area (Å²) in [6.45, 7) is 3.40. The van der Waals surface area contributed by atoms with Crippen molar-refractivity contribution in [2.75, 3.05) is 13.2 Å². The second-order valence-electron chi connectivity index (χ2n) is 4.72. The van der Waals surface area contributed by atoms with Crippen molar-refractivity contribution in [1.29, 1.82) is 0 Å². The lowest BCUT2D eigenvalue weighted by Gasteiger charge is -2.23. The number of alkyl halides is 1. The third-order valence-electron chi connectivity index (χ3n) is 3.01. The largest absolute Gasteiger partial charge is 0.373 e. The van der Waals surface area contributed by atoms with E-state index >= 15 is 0 Å². The molecule has 0 aliphatic carbocycles. The van der Waals surface area contributed by atoms with Gasteiger partial charge in [0, 0.05) is 18.5 Å². The van der Waals surface area contributed by atoms with Crippen molar-refractivity contribution in [1.82, 2.24) is 10.3 Å². The first-order valence-electron chi connectivity index (χ1n) is 6.01. The number of carbonyl (C=O) groups excluding carboxylic acids is 1. The molecule has 0 saturated carbocycles. The fourth-order valence-electron chi connectivity index (χ4n) is 1.95. The number of ether oxygens (including phenoxy) is 1. The van der Waals surface area contributed by atoms with E-state index in [9.17, 15) is 4.79 Å². The summed E-state index contributed by atoms with van der Waals surface area (Å²) in [7, 11) is 0. The lowest BCUT2D eigenvalue weighted by atomic mass is 10.0. The van der Waals surface area contributed by atoms with E-state index < -0.39 is 0 Å². The number of thiazole rings is 1. The summed E-state index contributed by atoms with van der Waals surface area (Å²) < 4.78 is 5.62. The van der Waals surface area contributed by atoms with E-state index in [1.54, 1.807) is 0 Å². The van der Waals surface area contributed by atoms with Crippen molar-refractivity contribution in [3.63, 3.8) is 0 Å². The van der Waals surface area contributed by atoms with Crippen LogP contribution in [0.2, 0.25) is 0 Å². The fourth-order valence-corrected chi connectivity index (χ4v) is 2.97. The molecular weight excluding hydrogens is 272 g/mol. The molecule has 4 nitrogen and oxygen atoms in total. The van der Waals surface area contributed by atoms with Gasteiger partial charge in [-0.2, -0.15) is 0 Å². The highest BCUT2D eigenvalue weighted by atomic mass is 35.5. The summed E-state index contributed by atoms with van der Waals surface area (Å²) in [4.78, 5) is 16.0. The number of hydrogen-bond acceptors (Lipinski definition) is 4. The van der Waals surface area contributed by atoms with Crippen molar-refractivity contribution in [3.05, 3.63) is 16.1 Å². The molecule has 2 rings (SSSR count). The Morgan fingerprint density at radius 3 is 3.17 bits per heavy atom. The fraction of sp³-hybridized carbons (Fsp3) is 0.667. The molecule has 1 fully saturated rings. The van der Waals surface area contributed by atoms with E-state index in [1.165, 1.54) is 11.3 Å². The molecule has 6 heteroatoms. The number of aromatic nitrogens is 1. The molecule has 1 aliphatic rings. The van der Waals surface area contributed by atoms with Gasteiger partial charge in [0.25, 0.3) is 0 Å². The molecule has 2 heterocycles. The van der Waals surface area contributed by atoms with Crippen LogP contribution in [0.1, 0.15) is 30.5 Å². The minimum atomic E-state index is -0.195. The van der Waals surface area contributed by atoms with Crippen molar-refractivity contribution in [2.24, 2.45) is 0 Å². The first-order chi connectivity index (χ1) is 8.61. The van der Waals surface area contributed by atoms with E-state index in [4.69, 9.17) is 16.3 Å². The van der Waals surface area contributed by atoms with E-state index in [1.807, 2.05) is 12.3 Å². The second kappa shape index (κ2) is 5.99. The number of nitrogens with zero attached hydrogens (tertiary/aromatic N) is 1. The van der Waals surface area contributed by atoms with Crippen LogP contribution in [0.15, 0.2) is 5.38 Å². The number of carbonyl (C=O) groups is 1. The molecule has 1 atom stereocenters. The zero-order valence-electron chi connectivity index (χ0n) is 10.4. The minimum Gasteiger partial charge on any atom is -0.373 e. The van der Waals surface area contributed by atoms with Crippen LogP contribution in [0.3, 0.4) is 0 Å². The highest BCUT2D eigenvalue weighted by Gasteiger charge is 2.29. The second-order valence-corrected chi connectivity index (χ2v) is 5.93. The third-order valence-corrected chi connectivity index (χ3v) is 4.18. The van der Waals surface area contributed by atoms with Crippen LogP contribution in [0, 0.1) is 0 Å². The monoisotopic (exact) mass is 288 g/mol. The molecule has 1 aromatic rings. The molecular formula is C12H17ClN2O2S. The standard InChI is InChI=1S/C12H17ClN2O2S/c1-12(3-2-4-17-12)8-14-10(16)5-11-15-9(6-13)7-18-11/h7H,2-6,8H2,1H3,(H,14,16). The topological polar surface area (TPSA) is 51.2 Å². The van der Waals surface area contributed by atoms with Gasteiger partial charge in [-0.3, -0.25) is 4.79 Å². The van der Waals surface area contributed by atoms with Crippen LogP contribution in [-0.4, -0.2) is 29.6 Å². The van der Waals surface area contributed by atoms with Crippen molar-refractivity contribution < 1.29 is 9.53 Å². The minimum absolute atomic E-state index is 0.0119. The summed E-state index contributed by atoms with van der Waals surface area (Å²) in [5.41, 5.74) is 0.635. The van der Waals surface area contributed by atoms with E-state index in [0.717, 1.165) is 30.2 Å². The summed E-state index contributed by atoms with van der Waals surface area (Å²) >= 11 is 7.14. The summed E-state index contributed by atoms with van der Waals surface area (Å²) in [5, 5.41) is 5.60. The average Bonchev–Trinajstić information content (AvgIpc) is 2.96. The lowest BCUT2D eigenvalue weighted by molar-refractivity contribution is -0.121. The van der Waals surface area contributed by atoms with Crippen LogP contribution < -0.4 is 5.32 Å². The molecule has 1 N–H and O–H groups in total. The van der Waals surface area contributed by atoms with Crippen molar-refractivity contribution in [3.8, 4) is 0 Å². The van der Waals surface area contributed by atoms with Gasteiger partial charge >= 0.3 is 0 Å². The maximum Gasteiger partial charge on any atom is 0.226 e. The molecule has 1 aromatic heterocycles. The maximum absolute atomic E-state index is 11.8. The molecule has 1 amide bonds. The van der Waals surface area contributed by atoms with Crippen LogP contribution in [-0.2, 0) is 21.8 Å². The van der Waals surface area contributed by atoms with Gasteiger partial charge < -0.3 is 10.1 Å². The first-order valence-corrected chi connectivity index (χ1v) is 7.43. The quantitative estimate of drug-likeness (QED) is 0.844. The zero-order chi connectivity index (χ0) is 13.0. The molecule has 0 aromatic carbocycles. The molecule has 1 unspecified atom stereocenters. The van der Waals surface area contributed by atoms with Gasteiger partial charge in [-0.15, -0.1) is 22.9 Å². The van der Waals surface area contributed by atoms with Gasteiger partial charge in [-0.05, 0) is 19.8 Å². The predicted octanol–water partition coefficient (Wildman–Crippen LogP) is 2.11. The molecule has 1 aliphatic heterocycles. The van der Waals surface area contributed by atoms with E-state index in [2.05, 4.69) is 10.3 Å². The van der Waals surface area contributed by atoms with E-state index in [0.29, 0.717) is 18.8 Å². The summed E-state index contributed by atoms with van der Waals surface area (Å²) in [6, 6.07) is 0. The van der Waals surface area contributed by atoms with Gasteiger partial charge in [-0.25, -0.2) is 4.98 Å². The Hall–Kier alpha value is -0.650. The van der Waals surface area contributed by atoms with Crippen molar-refractivity contribution >= 4 is 28.8 Å². The summed E-state index contributed by atoms with van der Waals surface area (Å²) in [6.07, 6.45) is 2.39. The van der Waals surface area contributed by atoms with Crippen LogP contribution >= 0.6 is 22.9 Å². The zero-order valence-corrected chi connectivity index (χ0v) is 11.9. The van der Waals surface area contributed by atoms with Gasteiger partial charge in [0.1, 0.15) is 5.01 Å². The third kappa shape index (κ3) is 3.67.